The Morgan fingerprint density at radius 3 is 2.68 bits per heavy atom. The number of amides is 2. The molecule has 0 aromatic heterocycles. The number of thioether (sulfide) groups is 1. The second-order valence-corrected chi connectivity index (χ2v) is 5.35. The Labute approximate surface area is 113 Å². The van der Waals surface area contributed by atoms with Crippen molar-refractivity contribution in [1.82, 2.24) is 5.32 Å². The summed E-state index contributed by atoms with van der Waals surface area (Å²) in [5, 5.41) is 14.0. The van der Waals surface area contributed by atoms with E-state index in [1.807, 2.05) is 0 Å². The molecule has 1 atom stereocenters. The normalized spacial score (nSPS) is 21.9. The monoisotopic (exact) mass is 284 g/mol. The number of hydrogen-bond acceptors (Lipinski definition) is 3. The van der Waals surface area contributed by atoms with E-state index < -0.39 is 23.4 Å². The number of carbonyl (C=O) groups is 2. The summed E-state index contributed by atoms with van der Waals surface area (Å²) in [7, 11) is 0. The number of aliphatic carboxylic acids is 1. The van der Waals surface area contributed by atoms with Crippen molar-refractivity contribution in [1.29, 1.82) is 0 Å². The maximum absolute atomic E-state index is 13.4. The number of rotatable bonds is 3. The molecule has 0 aliphatic carbocycles. The molecule has 1 heterocycles. The fourth-order valence-corrected chi connectivity index (χ4v) is 3.14. The van der Waals surface area contributed by atoms with Crippen LogP contribution in [0.25, 0.3) is 0 Å². The second-order valence-electron chi connectivity index (χ2n) is 4.25. The van der Waals surface area contributed by atoms with E-state index in [1.54, 1.807) is 6.07 Å². The van der Waals surface area contributed by atoms with Gasteiger partial charge in [-0.2, -0.15) is 11.8 Å². The summed E-state index contributed by atoms with van der Waals surface area (Å²) in [5.74, 6) is -0.650. The van der Waals surface area contributed by atoms with Gasteiger partial charge in [0.05, 0.1) is 5.69 Å². The maximum Gasteiger partial charge on any atom is 0.330 e. The van der Waals surface area contributed by atoms with E-state index in [4.69, 9.17) is 0 Å². The Hall–Kier alpha value is -1.76. The van der Waals surface area contributed by atoms with Gasteiger partial charge in [0.2, 0.25) is 0 Å². The van der Waals surface area contributed by atoms with Gasteiger partial charge in [-0.25, -0.2) is 14.0 Å². The summed E-state index contributed by atoms with van der Waals surface area (Å²) in [6.07, 6.45) is 0.359. The minimum Gasteiger partial charge on any atom is -0.479 e. The number of carboxylic acid groups (broad SMARTS) is 1. The first kappa shape index (κ1) is 13.7. The smallest absolute Gasteiger partial charge is 0.330 e. The highest BCUT2D eigenvalue weighted by Gasteiger charge is 2.43. The van der Waals surface area contributed by atoms with Gasteiger partial charge in [0.15, 0.2) is 0 Å². The van der Waals surface area contributed by atoms with Crippen molar-refractivity contribution in [2.75, 3.05) is 16.8 Å². The van der Waals surface area contributed by atoms with Crippen LogP contribution in [0.3, 0.4) is 0 Å². The molecular weight excluding hydrogens is 271 g/mol. The second kappa shape index (κ2) is 5.48. The third-order valence-electron chi connectivity index (χ3n) is 2.91. The number of hydrogen-bond donors (Lipinski definition) is 3. The van der Waals surface area contributed by atoms with Crippen molar-refractivity contribution >= 4 is 29.4 Å². The van der Waals surface area contributed by atoms with Crippen molar-refractivity contribution in [2.24, 2.45) is 0 Å². The van der Waals surface area contributed by atoms with Crippen LogP contribution in [0.4, 0.5) is 14.9 Å². The number of halogens is 1. The molecule has 0 saturated carbocycles. The molecule has 19 heavy (non-hydrogen) atoms. The van der Waals surface area contributed by atoms with Gasteiger partial charge in [0, 0.05) is 5.75 Å². The molecule has 2 amide bonds. The molecule has 5 nitrogen and oxygen atoms in total. The van der Waals surface area contributed by atoms with Gasteiger partial charge in [-0.15, -0.1) is 0 Å². The average Bonchev–Trinajstić information content (AvgIpc) is 2.82. The van der Waals surface area contributed by atoms with Crippen molar-refractivity contribution in [3.05, 3.63) is 30.1 Å². The molecule has 0 radical (unpaired) electrons. The Morgan fingerprint density at radius 1 is 1.37 bits per heavy atom. The van der Waals surface area contributed by atoms with E-state index in [2.05, 4.69) is 10.6 Å². The fourth-order valence-electron chi connectivity index (χ4n) is 1.82. The standard InChI is InChI=1S/C12H13FN2O3S/c13-8-3-1-2-4-9(8)14-11(18)15-12(10(16)17)5-6-19-7-12/h1-4H,5-7H2,(H,16,17)(H2,14,15,18). The molecule has 3 N–H and O–H groups in total. The molecule has 0 bridgehead atoms. The van der Waals surface area contributed by atoms with Crippen LogP contribution in [0.5, 0.6) is 0 Å². The molecule has 2 rings (SSSR count). The van der Waals surface area contributed by atoms with Gasteiger partial charge in [-0.1, -0.05) is 12.1 Å². The Balaban J connectivity index is 2.05. The third kappa shape index (κ3) is 2.98. The number of urea groups is 1. The summed E-state index contributed by atoms with van der Waals surface area (Å²) in [5.41, 5.74) is -1.24. The van der Waals surface area contributed by atoms with Crippen LogP contribution < -0.4 is 10.6 Å². The maximum atomic E-state index is 13.4. The van der Waals surface area contributed by atoms with E-state index in [0.29, 0.717) is 17.9 Å². The minimum atomic E-state index is -1.26. The zero-order valence-corrected chi connectivity index (χ0v) is 10.8. The first-order chi connectivity index (χ1) is 9.03. The fraction of sp³-hybridized carbons (Fsp3) is 0.333. The summed E-state index contributed by atoms with van der Waals surface area (Å²) in [4.78, 5) is 23.0. The molecule has 1 aliphatic heterocycles. The largest absolute Gasteiger partial charge is 0.479 e. The SMILES string of the molecule is O=C(Nc1ccccc1F)NC1(C(=O)O)CCSC1. The quantitative estimate of drug-likeness (QED) is 0.792. The lowest BCUT2D eigenvalue weighted by molar-refractivity contribution is -0.143. The minimum absolute atomic E-state index is 0.0196. The Bertz CT molecular complexity index is 504. The molecule has 7 heteroatoms. The van der Waals surface area contributed by atoms with Crippen LogP contribution in [0.1, 0.15) is 6.42 Å². The number of carboxylic acids is 1. The predicted molar refractivity (Wildman–Crippen MR) is 70.9 cm³/mol. The highest BCUT2D eigenvalue weighted by molar-refractivity contribution is 7.99. The van der Waals surface area contributed by atoms with Gasteiger partial charge in [0.1, 0.15) is 11.4 Å². The van der Waals surface area contributed by atoms with Gasteiger partial charge in [0.25, 0.3) is 0 Å². The number of benzene rings is 1. The molecule has 1 aliphatic rings. The average molecular weight is 284 g/mol. The molecule has 1 aromatic rings. The summed E-state index contributed by atoms with van der Waals surface area (Å²) in [6.45, 7) is 0. The number of anilines is 1. The van der Waals surface area contributed by atoms with Crippen LogP contribution in [0, 0.1) is 5.82 Å². The first-order valence-corrected chi connectivity index (χ1v) is 6.84. The highest BCUT2D eigenvalue weighted by atomic mass is 32.2. The van der Waals surface area contributed by atoms with Crippen LogP contribution in [-0.4, -0.2) is 34.2 Å². The lowest BCUT2D eigenvalue weighted by Gasteiger charge is -2.24. The molecule has 1 fully saturated rings. The van der Waals surface area contributed by atoms with Crippen LogP contribution >= 0.6 is 11.8 Å². The molecule has 1 unspecified atom stereocenters. The van der Waals surface area contributed by atoms with Crippen molar-refractivity contribution in [3.63, 3.8) is 0 Å². The molecule has 1 aromatic carbocycles. The van der Waals surface area contributed by atoms with Crippen molar-refractivity contribution in [3.8, 4) is 0 Å². The zero-order chi connectivity index (χ0) is 13.9. The third-order valence-corrected chi connectivity index (χ3v) is 4.10. The van der Waals surface area contributed by atoms with Gasteiger partial charge in [-0.3, -0.25) is 0 Å². The van der Waals surface area contributed by atoms with E-state index >= 15 is 0 Å². The molecular formula is C12H13FN2O3S. The van der Waals surface area contributed by atoms with Crippen LogP contribution in [0.2, 0.25) is 0 Å². The van der Waals surface area contributed by atoms with Crippen molar-refractivity contribution in [2.45, 2.75) is 12.0 Å². The molecule has 102 valence electrons. The lowest BCUT2D eigenvalue weighted by atomic mass is 10.00. The zero-order valence-electron chi connectivity index (χ0n) is 9.98. The lowest BCUT2D eigenvalue weighted by Crippen LogP contribution is -2.56. The van der Waals surface area contributed by atoms with Gasteiger partial charge in [-0.05, 0) is 24.3 Å². The van der Waals surface area contributed by atoms with Crippen LogP contribution in [-0.2, 0) is 4.79 Å². The highest BCUT2D eigenvalue weighted by Crippen LogP contribution is 2.28. The topological polar surface area (TPSA) is 78.4 Å². The number of para-hydroxylation sites is 1. The van der Waals surface area contributed by atoms with E-state index in [9.17, 15) is 19.1 Å². The van der Waals surface area contributed by atoms with Crippen molar-refractivity contribution < 1.29 is 19.1 Å². The van der Waals surface area contributed by atoms with Crippen LogP contribution in [0.15, 0.2) is 24.3 Å². The van der Waals surface area contributed by atoms with E-state index in [-0.39, 0.29) is 5.69 Å². The molecule has 0 spiro atoms. The first-order valence-electron chi connectivity index (χ1n) is 5.68. The summed E-state index contributed by atoms with van der Waals surface area (Å²) in [6, 6.07) is 5.00. The van der Waals surface area contributed by atoms with E-state index in [1.165, 1.54) is 30.0 Å². The summed E-state index contributed by atoms with van der Waals surface area (Å²) < 4.78 is 13.4. The Kier molecular flexibility index (Phi) is 3.94. The molecule has 1 saturated heterocycles. The van der Waals surface area contributed by atoms with E-state index in [0.717, 1.165) is 0 Å². The predicted octanol–water partition coefficient (Wildman–Crippen LogP) is 1.91. The number of nitrogens with one attached hydrogen (secondary N) is 2. The van der Waals surface area contributed by atoms with Gasteiger partial charge < -0.3 is 15.7 Å². The van der Waals surface area contributed by atoms with Gasteiger partial charge >= 0.3 is 12.0 Å². The number of carbonyl (C=O) groups excluding carboxylic acids is 1. The summed E-state index contributed by atoms with van der Waals surface area (Å²) >= 11 is 1.46. The Morgan fingerprint density at radius 2 is 2.11 bits per heavy atom.